The third-order valence-corrected chi connectivity index (χ3v) is 3.85. The molecule has 1 aromatic rings. The standard InChI is InChI=1S/C15H23N3O3/c1-20-13-9-18(10-14(13)21-2)8-12-5-3-11(4-6-12)7-15(19)17-16/h3-6,13-14H,7-10,16H2,1-2H3,(H,17,19). The Balaban J connectivity index is 1.90. The average Bonchev–Trinajstić information content (AvgIpc) is 2.91. The van der Waals surface area contributed by atoms with Crippen molar-refractivity contribution in [3.8, 4) is 0 Å². The predicted molar refractivity (Wildman–Crippen MR) is 79.3 cm³/mol. The number of benzene rings is 1. The topological polar surface area (TPSA) is 76.8 Å². The van der Waals surface area contributed by atoms with Crippen LogP contribution in [0.25, 0.3) is 0 Å². The van der Waals surface area contributed by atoms with E-state index in [-0.39, 0.29) is 18.1 Å². The number of hydrogen-bond acceptors (Lipinski definition) is 5. The third-order valence-electron chi connectivity index (χ3n) is 3.85. The van der Waals surface area contributed by atoms with Gasteiger partial charge in [-0.1, -0.05) is 24.3 Å². The second-order valence-corrected chi connectivity index (χ2v) is 5.30. The van der Waals surface area contributed by atoms with Crippen molar-refractivity contribution >= 4 is 5.91 Å². The SMILES string of the molecule is COC1CN(Cc2ccc(CC(=O)NN)cc2)CC1OC. The molecule has 1 aromatic carbocycles. The van der Waals surface area contributed by atoms with E-state index in [2.05, 4.69) is 10.3 Å². The van der Waals surface area contributed by atoms with E-state index < -0.39 is 0 Å². The highest BCUT2D eigenvalue weighted by atomic mass is 16.5. The van der Waals surface area contributed by atoms with Crippen LogP contribution in [0.5, 0.6) is 0 Å². The van der Waals surface area contributed by atoms with Gasteiger partial charge in [0.25, 0.3) is 0 Å². The fourth-order valence-corrected chi connectivity index (χ4v) is 2.66. The van der Waals surface area contributed by atoms with E-state index in [1.165, 1.54) is 5.56 Å². The molecule has 0 saturated carbocycles. The monoisotopic (exact) mass is 293 g/mol. The Kier molecular flexibility index (Phi) is 5.69. The Hall–Kier alpha value is -1.47. The maximum atomic E-state index is 11.2. The summed E-state index contributed by atoms with van der Waals surface area (Å²) >= 11 is 0. The zero-order chi connectivity index (χ0) is 15.2. The van der Waals surface area contributed by atoms with Gasteiger partial charge in [-0.15, -0.1) is 0 Å². The molecular formula is C15H23N3O3. The number of methoxy groups -OCH3 is 2. The molecule has 2 rings (SSSR count). The smallest absolute Gasteiger partial charge is 0.238 e. The summed E-state index contributed by atoms with van der Waals surface area (Å²) in [5, 5.41) is 0. The molecule has 3 N–H and O–H groups in total. The Morgan fingerprint density at radius 3 is 2.19 bits per heavy atom. The number of carbonyl (C=O) groups excluding carboxylic acids is 1. The normalized spacial score (nSPS) is 22.4. The van der Waals surface area contributed by atoms with Gasteiger partial charge >= 0.3 is 0 Å². The van der Waals surface area contributed by atoms with E-state index in [9.17, 15) is 4.79 Å². The van der Waals surface area contributed by atoms with E-state index >= 15 is 0 Å². The number of nitrogens with one attached hydrogen (secondary N) is 1. The molecule has 6 nitrogen and oxygen atoms in total. The Bertz CT molecular complexity index is 452. The molecule has 1 amide bonds. The molecule has 6 heteroatoms. The molecule has 2 atom stereocenters. The Morgan fingerprint density at radius 1 is 1.19 bits per heavy atom. The summed E-state index contributed by atoms with van der Waals surface area (Å²) in [4.78, 5) is 13.5. The first kappa shape index (κ1) is 15.9. The molecule has 0 spiro atoms. The number of amides is 1. The van der Waals surface area contributed by atoms with E-state index in [1.54, 1.807) is 14.2 Å². The van der Waals surface area contributed by atoms with Crippen molar-refractivity contribution in [2.24, 2.45) is 5.84 Å². The highest BCUT2D eigenvalue weighted by Gasteiger charge is 2.32. The van der Waals surface area contributed by atoms with Gasteiger partial charge in [0, 0.05) is 33.9 Å². The van der Waals surface area contributed by atoms with Crippen molar-refractivity contribution in [3.63, 3.8) is 0 Å². The lowest BCUT2D eigenvalue weighted by Crippen LogP contribution is -2.31. The minimum absolute atomic E-state index is 0.127. The molecule has 0 radical (unpaired) electrons. The minimum Gasteiger partial charge on any atom is -0.377 e. The number of nitrogens with zero attached hydrogens (tertiary/aromatic N) is 1. The molecule has 1 aliphatic heterocycles. The van der Waals surface area contributed by atoms with Crippen LogP contribution in [0, 0.1) is 0 Å². The fourth-order valence-electron chi connectivity index (χ4n) is 2.66. The zero-order valence-electron chi connectivity index (χ0n) is 12.5. The van der Waals surface area contributed by atoms with Gasteiger partial charge in [0.1, 0.15) is 0 Å². The summed E-state index contributed by atoms with van der Waals surface area (Å²) in [5.74, 6) is 4.89. The highest BCUT2D eigenvalue weighted by molar-refractivity contribution is 5.77. The molecule has 1 heterocycles. The van der Waals surface area contributed by atoms with Crippen LogP contribution in [-0.4, -0.2) is 50.3 Å². The van der Waals surface area contributed by atoms with Crippen LogP contribution in [0.1, 0.15) is 11.1 Å². The summed E-state index contributed by atoms with van der Waals surface area (Å²) in [5.41, 5.74) is 4.29. The van der Waals surface area contributed by atoms with Gasteiger partial charge in [0.15, 0.2) is 0 Å². The van der Waals surface area contributed by atoms with Crippen LogP contribution in [-0.2, 0) is 27.2 Å². The van der Waals surface area contributed by atoms with Crippen molar-refractivity contribution in [2.75, 3.05) is 27.3 Å². The summed E-state index contributed by atoms with van der Waals surface area (Å²) in [6, 6.07) is 8.01. The fraction of sp³-hybridized carbons (Fsp3) is 0.533. The molecule has 116 valence electrons. The summed E-state index contributed by atoms with van der Waals surface area (Å²) in [6.07, 6.45) is 0.558. The molecule has 1 aliphatic rings. The number of nitrogens with two attached hydrogens (primary N) is 1. The number of hydrogen-bond donors (Lipinski definition) is 2. The number of likely N-dealkylation sites (tertiary alicyclic amines) is 1. The predicted octanol–water partition coefficient (Wildman–Crippen LogP) is 0.0646. The molecule has 21 heavy (non-hydrogen) atoms. The van der Waals surface area contributed by atoms with Crippen LogP contribution < -0.4 is 11.3 Å². The first-order chi connectivity index (χ1) is 10.2. The van der Waals surface area contributed by atoms with Gasteiger partial charge in [-0.05, 0) is 11.1 Å². The van der Waals surface area contributed by atoms with E-state index in [0.29, 0.717) is 6.42 Å². The summed E-state index contributed by atoms with van der Waals surface area (Å²) in [7, 11) is 3.44. The van der Waals surface area contributed by atoms with Gasteiger partial charge < -0.3 is 9.47 Å². The molecular weight excluding hydrogens is 270 g/mol. The van der Waals surface area contributed by atoms with Gasteiger partial charge in [0.2, 0.25) is 5.91 Å². The van der Waals surface area contributed by atoms with Crippen molar-refractivity contribution < 1.29 is 14.3 Å². The van der Waals surface area contributed by atoms with Crippen LogP contribution in [0.15, 0.2) is 24.3 Å². The van der Waals surface area contributed by atoms with E-state index in [1.807, 2.05) is 24.3 Å². The second-order valence-electron chi connectivity index (χ2n) is 5.30. The average molecular weight is 293 g/mol. The molecule has 0 bridgehead atoms. The van der Waals surface area contributed by atoms with Crippen LogP contribution in [0.3, 0.4) is 0 Å². The maximum Gasteiger partial charge on any atom is 0.238 e. The second kappa shape index (κ2) is 7.51. The lowest BCUT2D eigenvalue weighted by atomic mass is 10.1. The third kappa shape index (κ3) is 4.25. The minimum atomic E-state index is -0.187. The summed E-state index contributed by atoms with van der Waals surface area (Å²) < 4.78 is 10.9. The molecule has 0 aliphatic carbocycles. The number of hydrazine groups is 1. The zero-order valence-corrected chi connectivity index (χ0v) is 12.5. The largest absolute Gasteiger partial charge is 0.377 e. The van der Waals surface area contributed by atoms with Crippen molar-refractivity contribution in [2.45, 2.75) is 25.2 Å². The number of ether oxygens (including phenoxy) is 2. The molecule has 1 fully saturated rings. The van der Waals surface area contributed by atoms with Gasteiger partial charge in [-0.25, -0.2) is 5.84 Å². The lowest BCUT2D eigenvalue weighted by Gasteiger charge is -2.15. The molecule has 2 unspecified atom stereocenters. The van der Waals surface area contributed by atoms with Gasteiger partial charge in [-0.3, -0.25) is 15.1 Å². The maximum absolute atomic E-state index is 11.2. The lowest BCUT2D eigenvalue weighted by molar-refractivity contribution is -0.120. The van der Waals surface area contributed by atoms with Crippen LogP contribution in [0.2, 0.25) is 0 Å². The van der Waals surface area contributed by atoms with Crippen LogP contribution in [0.4, 0.5) is 0 Å². The van der Waals surface area contributed by atoms with Crippen molar-refractivity contribution in [1.29, 1.82) is 0 Å². The number of rotatable bonds is 6. The Labute approximate surface area is 125 Å². The Morgan fingerprint density at radius 2 is 1.71 bits per heavy atom. The summed E-state index contributed by atoms with van der Waals surface area (Å²) in [6.45, 7) is 2.59. The first-order valence-corrected chi connectivity index (χ1v) is 7.01. The van der Waals surface area contributed by atoms with Crippen LogP contribution >= 0.6 is 0 Å². The quantitative estimate of drug-likeness (QED) is 0.441. The van der Waals surface area contributed by atoms with Crippen molar-refractivity contribution in [3.05, 3.63) is 35.4 Å². The molecule has 0 aromatic heterocycles. The van der Waals surface area contributed by atoms with Crippen molar-refractivity contribution in [1.82, 2.24) is 10.3 Å². The van der Waals surface area contributed by atoms with E-state index in [4.69, 9.17) is 15.3 Å². The van der Waals surface area contributed by atoms with E-state index in [0.717, 1.165) is 25.2 Å². The van der Waals surface area contributed by atoms with Gasteiger partial charge in [-0.2, -0.15) is 0 Å². The molecule has 1 saturated heterocycles. The first-order valence-electron chi connectivity index (χ1n) is 7.01. The highest BCUT2D eigenvalue weighted by Crippen LogP contribution is 2.18. The number of carbonyl (C=O) groups is 1. The van der Waals surface area contributed by atoms with Gasteiger partial charge in [0.05, 0.1) is 18.6 Å².